The Morgan fingerprint density at radius 2 is 1.64 bits per heavy atom. The number of benzene rings is 2. The van der Waals surface area contributed by atoms with Crippen LogP contribution in [0.3, 0.4) is 0 Å². The number of hydrogen-bond donors (Lipinski definition) is 0. The molecule has 1 amide bonds. The van der Waals surface area contributed by atoms with E-state index in [4.69, 9.17) is 4.98 Å². The van der Waals surface area contributed by atoms with Crippen LogP contribution in [0.2, 0.25) is 0 Å². The van der Waals surface area contributed by atoms with Crippen molar-refractivity contribution >= 4 is 34.3 Å². The Morgan fingerprint density at radius 3 is 2.27 bits per heavy atom. The van der Waals surface area contributed by atoms with Crippen molar-refractivity contribution in [2.75, 3.05) is 23.7 Å². The lowest BCUT2D eigenvalue weighted by Crippen LogP contribution is -2.40. The van der Waals surface area contributed by atoms with Gasteiger partial charge in [-0.15, -0.1) is 0 Å². The molecule has 0 bridgehead atoms. The fourth-order valence-corrected chi connectivity index (χ4v) is 5.00. The monoisotopic (exact) mass is 466 g/mol. The van der Waals surface area contributed by atoms with E-state index < -0.39 is 0 Å². The third kappa shape index (κ3) is 6.03. The SMILES string of the molecule is CCN(C(=O)CSc1nc2ccccc2c(=O)n1CCN(C(C)C)C(C)C)c1ccccc1. The lowest BCUT2D eigenvalue weighted by molar-refractivity contribution is -0.116. The first-order chi connectivity index (χ1) is 15.8. The lowest BCUT2D eigenvalue weighted by Gasteiger charge is -2.30. The van der Waals surface area contributed by atoms with Gasteiger partial charge in [-0.1, -0.05) is 42.1 Å². The first-order valence-electron chi connectivity index (χ1n) is 11.6. The van der Waals surface area contributed by atoms with Crippen LogP contribution in [-0.2, 0) is 11.3 Å². The van der Waals surface area contributed by atoms with Crippen LogP contribution in [0.1, 0.15) is 34.6 Å². The Bertz CT molecular complexity index is 1120. The minimum absolute atomic E-state index is 0.00588. The highest BCUT2D eigenvalue weighted by atomic mass is 32.2. The summed E-state index contributed by atoms with van der Waals surface area (Å²) in [5, 5.41) is 1.19. The molecule has 0 radical (unpaired) electrons. The van der Waals surface area contributed by atoms with E-state index in [1.54, 1.807) is 9.47 Å². The van der Waals surface area contributed by atoms with Crippen LogP contribution in [0, 0.1) is 0 Å². The molecule has 3 rings (SSSR count). The summed E-state index contributed by atoms with van der Waals surface area (Å²) in [4.78, 5) is 35.3. The van der Waals surface area contributed by atoms with Gasteiger partial charge in [0.2, 0.25) is 5.91 Å². The Labute approximate surface area is 200 Å². The number of rotatable bonds is 10. The van der Waals surface area contributed by atoms with Crippen LogP contribution in [0.25, 0.3) is 10.9 Å². The normalized spacial score (nSPS) is 11.6. The third-order valence-corrected chi connectivity index (χ3v) is 6.71. The quantitative estimate of drug-likeness (QED) is 0.321. The van der Waals surface area contributed by atoms with Gasteiger partial charge in [0.05, 0.1) is 16.7 Å². The zero-order valence-corrected chi connectivity index (χ0v) is 21.0. The van der Waals surface area contributed by atoms with Crippen molar-refractivity contribution in [1.82, 2.24) is 14.5 Å². The van der Waals surface area contributed by atoms with Gasteiger partial charge >= 0.3 is 0 Å². The maximum Gasteiger partial charge on any atom is 0.262 e. The Balaban J connectivity index is 1.88. The lowest BCUT2D eigenvalue weighted by atomic mass is 10.2. The van der Waals surface area contributed by atoms with Crippen LogP contribution >= 0.6 is 11.8 Å². The minimum atomic E-state index is -0.0570. The highest BCUT2D eigenvalue weighted by Crippen LogP contribution is 2.21. The molecule has 0 unspecified atom stereocenters. The van der Waals surface area contributed by atoms with E-state index in [9.17, 15) is 9.59 Å². The summed E-state index contributed by atoms with van der Waals surface area (Å²) in [5.41, 5.74) is 1.48. The van der Waals surface area contributed by atoms with Gasteiger partial charge in [0.25, 0.3) is 5.56 Å². The molecule has 0 atom stereocenters. The van der Waals surface area contributed by atoms with Crippen LogP contribution in [0.15, 0.2) is 64.5 Å². The molecule has 1 aromatic heterocycles. The van der Waals surface area contributed by atoms with Crippen molar-refractivity contribution in [1.29, 1.82) is 0 Å². The highest BCUT2D eigenvalue weighted by molar-refractivity contribution is 7.99. The molecule has 0 aliphatic carbocycles. The highest BCUT2D eigenvalue weighted by Gasteiger charge is 2.19. The first kappa shape index (κ1) is 25.0. The molecule has 0 aliphatic heterocycles. The summed E-state index contributed by atoms with van der Waals surface area (Å²) >= 11 is 1.33. The minimum Gasteiger partial charge on any atom is -0.312 e. The molecule has 0 saturated heterocycles. The maximum absolute atomic E-state index is 13.4. The molecule has 0 saturated carbocycles. The average molecular weight is 467 g/mol. The van der Waals surface area contributed by atoms with E-state index in [0.717, 1.165) is 12.2 Å². The fourth-order valence-electron chi connectivity index (χ4n) is 4.10. The molecule has 33 heavy (non-hydrogen) atoms. The van der Waals surface area contributed by atoms with Gasteiger partial charge in [-0.05, 0) is 58.9 Å². The number of amides is 1. The number of para-hydroxylation sites is 2. The van der Waals surface area contributed by atoms with Crippen LogP contribution in [0.5, 0.6) is 0 Å². The molecule has 0 fully saturated rings. The summed E-state index contributed by atoms with van der Waals surface area (Å²) in [5.74, 6) is 0.208. The van der Waals surface area contributed by atoms with Crippen molar-refractivity contribution < 1.29 is 4.79 Å². The fraction of sp³-hybridized carbons (Fsp3) is 0.423. The third-order valence-electron chi connectivity index (χ3n) is 5.74. The molecule has 1 heterocycles. The molecule has 176 valence electrons. The molecule has 0 N–H and O–H groups in total. The predicted molar refractivity (Wildman–Crippen MR) is 138 cm³/mol. The smallest absolute Gasteiger partial charge is 0.262 e. The van der Waals surface area contributed by atoms with Crippen molar-refractivity contribution in [3.8, 4) is 0 Å². The Morgan fingerprint density at radius 1 is 1.00 bits per heavy atom. The van der Waals surface area contributed by atoms with Gasteiger partial charge in [0.15, 0.2) is 5.16 Å². The maximum atomic E-state index is 13.4. The van der Waals surface area contributed by atoms with Gasteiger partial charge in [0, 0.05) is 37.4 Å². The number of hydrogen-bond acceptors (Lipinski definition) is 5. The number of thioether (sulfide) groups is 1. The first-order valence-corrected chi connectivity index (χ1v) is 12.6. The molecule has 0 aliphatic rings. The largest absolute Gasteiger partial charge is 0.312 e. The van der Waals surface area contributed by atoms with Crippen LogP contribution in [-0.4, -0.2) is 51.3 Å². The summed E-state index contributed by atoms with van der Waals surface area (Å²) < 4.78 is 1.73. The zero-order valence-electron chi connectivity index (χ0n) is 20.2. The molecule has 2 aromatic carbocycles. The number of fused-ring (bicyclic) bond motifs is 1. The van der Waals surface area contributed by atoms with Gasteiger partial charge in [-0.2, -0.15) is 0 Å². The van der Waals surface area contributed by atoms with Gasteiger partial charge in [0.1, 0.15) is 0 Å². The number of carbonyl (C=O) groups is 1. The van der Waals surface area contributed by atoms with Gasteiger partial charge < -0.3 is 4.90 Å². The number of carbonyl (C=O) groups excluding carboxylic acids is 1. The second-order valence-corrected chi connectivity index (χ2v) is 9.50. The van der Waals surface area contributed by atoms with E-state index in [0.29, 0.717) is 41.2 Å². The Hall–Kier alpha value is -2.64. The van der Waals surface area contributed by atoms with Crippen molar-refractivity contribution in [2.45, 2.75) is 58.4 Å². The molecular weight excluding hydrogens is 432 g/mol. The van der Waals surface area contributed by atoms with E-state index in [1.165, 1.54) is 11.8 Å². The molecule has 0 spiro atoms. The van der Waals surface area contributed by atoms with Crippen molar-refractivity contribution in [3.05, 3.63) is 65.0 Å². The van der Waals surface area contributed by atoms with Crippen LogP contribution < -0.4 is 10.5 Å². The number of aromatic nitrogens is 2. The Kier molecular flexibility index (Phi) is 8.69. The summed E-state index contributed by atoms with van der Waals surface area (Å²) in [7, 11) is 0. The zero-order chi connectivity index (χ0) is 24.0. The average Bonchev–Trinajstić information content (AvgIpc) is 2.80. The second-order valence-electron chi connectivity index (χ2n) is 8.56. The number of nitrogens with zero attached hydrogens (tertiary/aromatic N) is 4. The van der Waals surface area contributed by atoms with E-state index >= 15 is 0 Å². The predicted octanol–water partition coefficient (Wildman–Crippen LogP) is 4.66. The van der Waals surface area contributed by atoms with Crippen molar-refractivity contribution in [2.24, 2.45) is 0 Å². The van der Waals surface area contributed by atoms with Gasteiger partial charge in [-0.3, -0.25) is 19.1 Å². The topological polar surface area (TPSA) is 58.4 Å². The standard InChI is InChI=1S/C26H34N4O2S/c1-6-28(21-12-8-7-9-13-21)24(31)18-33-26-27-23-15-11-10-14-22(23)25(32)30(26)17-16-29(19(2)3)20(4)5/h7-15,19-20H,6,16-18H2,1-5H3. The van der Waals surface area contributed by atoms with Gasteiger partial charge in [-0.25, -0.2) is 4.98 Å². The number of anilines is 1. The summed E-state index contributed by atoms with van der Waals surface area (Å²) in [6, 6.07) is 17.8. The van der Waals surface area contributed by atoms with E-state index in [1.807, 2.05) is 61.5 Å². The molecule has 7 heteroatoms. The van der Waals surface area contributed by atoms with Crippen LogP contribution in [0.4, 0.5) is 5.69 Å². The summed E-state index contributed by atoms with van der Waals surface area (Å²) in [6.45, 7) is 12.5. The molecule has 3 aromatic rings. The summed E-state index contributed by atoms with van der Waals surface area (Å²) in [6.07, 6.45) is 0. The van der Waals surface area contributed by atoms with E-state index in [2.05, 4.69) is 32.6 Å². The van der Waals surface area contributed by atoms with Crippen molar-refractivity contribution in [3.63, 3.8) is 0 Å². The molecule has 6 nitrogen and oxygen atoms in total. The van der Waals surface area contributed by atoms with E-state index in [-0.39, 0.29) is 17.2 Å². The molecular formula is C26H34N4O2S. The second kappa shape index (κ2) is 11.5.